The first kappa shape index (κ1) is 10.0. The Bertz CT molecular complexity index is 376. The normalized spacial score (nSPS) is 9.69. The molecule has 0 radical (unpaired) electrons. The average molecular weight is 222 g/mol. The van der Waals surface area contributed by atoms with Gasteiger partial charge in [0.05, 0.1) is 6.33 Å². The van der Waals surface area contributed by atoms with Crippen LogP contribution in [0.1, 0.15) is 0 Å². The van der Waals surface area contributed by atoms with Gasteiger partial charge >= 0.3 is 0 Å². The molecule has 2 N–H and O–H groups in total. The lowest BCUT2D eigenvalue weighted by molar-refractivity contribution is -0.113. The van der Waals surface area contributed by atoms with E-state index in [1.807, 2.05) is 0 Å². The summed E-state index contributed by atoms with van der Waals surface area (Å²) in [5.41, 5.74) is -0.603. The topological polar surface area (TPSA) is 74.8 Å². The quantitative estimate of drug-likeness (QED) is 0.568. The number of nitrogens with one attached hydrogen (secondary N) is 2. The zero-order chi connectivity index (χ0) is 9.84. The summed E-state index contributed by atoms with van der Waals surface area (Å²) in [5, 5.41) is 2.15. The van der Waals surface area contributed by atoms with Gasteiger partial charge in [0.1, 0.15) is 11.6 Å². The van der Waals surface area contributed by atoms with Crippen LogP contribution in [0.3, 0.4) is 0 Å². The number of rotatable bonds is 2. The third-order valence-corrected chi connectivity index (χ3v) is 1.72. The van der Waals surface area contributed by atoms with Crippen LogP contribution in [-0.2, 0) is 4.79 Å². The molecule has 13 heavy (non-hydrogen) atoms. The van der Waals surface area contributed by atoms with Gasteiger partial charge in [-0.05, 0) is 0 Å². The van der Waals surface area contributed by atoms with Crippen molar-refractivity contribution >= 4 is 34.8 Å². The number of carbonyl (C=O) groups excluding carboxylic acids is 1. The van der Waals surface area contributed by atoms with Gasteiger partial charge in [-0.3, -0.25) is 9.59 Å². The first-order chi connectivity index (χ1) is 6.15. The summed E-state index contributed by atoms with van der Waals surface area (Å²) in [5.74, 6) is -0.757. The monoisotopic (exact) mass is 221 g/mol. The third kappa shape index (κ3) is 2.43. The molecule has 1 rings (SSSR count). The highest BCUT2D eigenvalue weighted by atomic mass is 35.5. The van der Waals surface area contributed by atoms with Gasteiger partial charge in [-0.1, -0.05) is 11.6 Å². The van der Waals surface area contributed by atoms with Crippen LogP contribution in [0.2, 0.25) is 5.15 Å². The predicted octanol–water partition coefficient (Wildman–Crippen LogP) is 0.601. The molecule has 7 heteroatoms. The zero-order valence-corrected chi connectivity index (χ0v) is 7.82. The molecule has 0 aliphatic heterocycles. The molecule has 0 spiro atoms. The first-order valence-electron chi connectivity index (χ1n) is 3.24. The van der Waals surface area contributed by atoms with Gasteiger partial charge in [0, 0.05) is 0 Å². The number of aromatic amines is 1. The molecule has 1 amide bonds. The van der Waals surface area contributed by atoms with Gasteiger partial charge in [-0.25, -0.2) is 4.98 Å². The van der Waals surface area contributed by atoms with Crippen molar-refractivity contribution in [1.82, 2.24) is 9.97 Å². The summed E-state index contributed by atoms with van der Waals surface area (Å²) >= 11 is 10.8. The van der Waals surface area contributed by atoms with Gasteiger partial charge in [0.15, 0.2) is 5.15 Å². The van der Waals surface area contributed by atoms with Crippen LogP contribution < -0.4 is 10.9 Å². The molecule has 0 unspecified atom stereocenters. The molecule has 0 saturated carbocycles. The van der Waals surface area contributed by atoms with E-state index in [2.05, 4.69) is 15.3 Å². The fourth-order valence-electron chi connectivity index (χ4n) is 0.659. The molecule has 0 aliphatic carbocycles. The van der Waals surface area contributed by atoms with Crippen LogP contribution in [0, 0.1) is 0 Å². The maximum absolute atomic E-state index is 11.1. The first-order valence-corrected chi connectivity index (χ1v) is 4.15. The Hall–Kier alpha value is -1.07. The van der Waals surface area contributed by atoms with Crippen LogP contribution >= 0.6 is 23.2 Å². The van der Waals surface area contributed by atoms with Crippen LogP contribution in [0.4, 0.5) is 5.69 Å². The minimum absolute atomic E-state index is 0.0674. The number of nitrogens with zero attached hydrogens (tertiary/aromatic N) is 1. The van der Waals surface area contributed by atoms with E-state index in [4.69, 9.17) is 23.2 Å². The molecular weight excluding hydrogens is 217 g/mol. The summed E-state index contributed by atoms with van der Waals surface area (Å²) < 4.78 is 0. The van der Waals surface area contributed by atoms with Crippen LogP contribution in [0.5, 0.6) is 0 Å². The second-order valence-electron chi connectivity index (χ2n) is 2.08. The summed E-state index contributed by atoms with van der Waals surface area (Å²) in [6.45, 7) is 0. The highest BCUT2D eigenvalue weighted by Gasteiger charge is 2.08. The SMILES string of the molecule is O=C(CCl)Nc1c(Cl)nc[nH]c1=O. The highest BCUT2D eigenvalue weighted by Crippen LogP contribution is 2.11. The second kappa shape index (κ2) is 4.25. The molecule has 0 aromatic carbocycles. The highest BCUT2D eigenvalue weighted by molar-refractivity contribution is 6.33. The number of halogens is 2. The van der Waals surface area contributed by atoms with E-state index in [-0.39, 0.29) is 16.7 Å². The number of alkyl halides is 1. The van der Waals surface area contributed by atoms with E-state index < -0.39 is 11.5 Å². The van der Waals surface area contributed by atoms with Crippen molar-refractivity contribution in [3.8, 4) is 0 Å². The molecule has 1 heterocycles. The van der Waals surface area contributed by atoms with E-state index in [0.29, 0.717) is 0 Å². The number of anilines is 1. The Morgan fingerprint density at radius 1 is 1.69 bits per heavy atom. The maximum Gasteiger partial charge on any atom is 0.276 e. The smallest absolute Gasteiger partial charge is 0.276 e. The van der Waals surface area contributed by atoms with Crippen molar-refractivity contribution in [2.24, 2.45) is 0 Å². The summed E-state index contributed by atoms with van der Waals surface area (Å²) in [4.78, 5) is 27.7. The lowest BCUT2D eigenvalue weighted by Gasteiger charge is -2.01. The van der Waals surface area contributed by atoms with E-state index in [0.717, 1.165) is 6.33 Å². The fraction of sp³-hybridized carbons (Fsp3) is 0.167. The van der Waals surface area contributed by atoms with E-state index in [1.54, 1.807) is 0 Å². The predicted molar refractivity (Wildman–Crippen MR) is 49.2 cm³/mol. The van der Waals surface area contributed by atoms with Crippen LogP contribution in [0.15, 0.2) is 11.1 Å². The molecule has 5 nitrogen and oxygen atoms in total. The lowest BCUT2D eigenvalue weighted by atomic mass is 10.5. The van der Waals surface area contributed by atoms with Crippen molar-refractivity contribution < 1.29 is 4.79 Å². The number of carbonyl (C=O) groups is 1. The van der Waals surface area contributed by atoms with Crippen molar-refractivity contribution in [3.05, 3.63) is 21.8 Å². The number of amides is 1. The zero-order valence-electron chi connectivity index (χ0n) is 6.30. The van der Waals surface area contributed by atoms with Crippen LogP contribution in [0.25, 0.3) is 0 Å². The van der Waals surface area contributed by atoms with Gasteiger partial charge in [0.2, 0.25) is 5.91 Å². The average Bonchev–Trinajstić information content (AvgIpc) is 2.11. The summed E-state index contributed by atoms with van der Waals surface area (Å²) in [7, 11) is 0. The lowest BCUT2D eigenvalue weighted by Crippen LogP contribution is -2.21. The number of hydrogen-bond donors (Lipinski definition) is 2. The van der Waals surface area contributed by atoms with Crippen molar-refractivity contribution in [3.63, 3.8) is 0 Å². The minimum Gasteiger partial charge on any atom is -0.318 e. The molecule has 0 saturated heterocycles. The van der Waals surface area contributed by atoms with Gasteiger partial charge in [-0.15, -0.1) is 11.6 Å². The van der Waals surface area contributed by atoms with Crippen LogP contribution in [-0.4, -0.2) is 21.8 Å². The fourth-order valence-corrected chi connectivity index (χ4v) is 0.908. The van der Waals surface area contributed by atoms with E-state index in [1.165, 1.54) is 0 Å². The summed E-state index contributed by atoms with van der Waals surface area (Å²) in [6, 6.07) is 0. The standard InChI is InChI=1S/C6H5Cl2N3O2/c7-1-3(12)11-4-5(8)9-2-10-6(4)13/h2H,1H2,(H,11,12)(H,9,10,13). The Labute approximate surface area is 83.1 Å². The van der Waals surface area contributed by atoms with Crippen molar-refractivity contribution in [2.75, 3.05) is 11.2 Å². The largest absolute Gasteiger partial charge is 0.318 e. The van der Waals surface area contributed by atoms with E-state index >= 15 is 0 Å². The molecule has 0 atom stereocenters. The molecule has 1 aromatic rings. The number of hydrogen-bond acceptors (Lipinski definition) is 3. The Morgan fingerprint density at radius 2 is 2.38 bits per heavy atom. The molecule has 0 fully saturated rings. The van der Waals surface area contributed by atoms with Gasteiger partial charge in [0.25, 0.3) is 5.56 Å². The van der Waals surface area contributed by atoms with E-state index in [9.17, 15) is 9.59 Å². The van der Waals surface area contributed by atoms with Gasteiger partial charge < -0.3 is 10.3 Å². The number of aromatic nitrogens is 2. The second-order valence-corrected chi connectivity index (χ2v) is 2.70. The number of H-pyrrole nitrogens is 1. The molecular formula is C6H5Cl2N3O2. The molecule has 0 aliphatic rings. The maximum atomic E-state index is 11.1. The minimum atomic E-state index is -0.515. The molecule has 1 aromatic heterocycles. The van der Waals surface area contributed by atoms with Gasteiger partial charge in [-0.2, -0.15) is 0 Å². The van der Waals surface area contributed by atoms with Crippen molar-refractivity contribution in [1.29, 1.82) is 0 Å². The molecule has 70 valence electrons. The Balaban J connectivity index is 3.00. The Morgan fingerprint density at radius 3 is 2.92 bits per heavy atom. The van der Waals surface area contributed by atoms with Crippen molar-refractivity contribution in [2.45, 2.75) is 0 Å². The summed E-state index contributed by atoms with van der Waals surface area (Å²) in [6.07, 6.45) is 1.14. The third-order valence-electron chi connectivity index (χ3n) is 1.19. The molecule has 0 bridgehead atoms. The Kier molecular flexibility index (Phi) is 3.27.